The third-order valence-electron chi connectivity index (χ3n) is 11.5. The molecular formula is C42H72N6O10S. The fraction of sp³-hybridized carbons (Fsp3) is 0.738. The minimum atomic E-state index is -4.32. The smallest absolute Gasteiger partial charge is 0.266 e. The zero-order valence-electron chi connectivity index (χ0n) is 37.3. The average molecular weight is 853 g/mol. The number of ether oxygens (including phenoxy) is 2. The van der Waals surface area contributed by atoms with Crippen LogP contribution in [0.5, 0.6) is 0 Å². The van der Waals surface area contributed by atoms with Crippen molar-refractivity contribution in [2.24, 2.45) is 23.7 Å². The molecule has 0 aromatic heterocycles. The zero-order chi connectivity index (χ0) is 44.8. The summed E-state index contributed by atoms with van der Waals surface area (Å²) < 4.78 is 43.6. The molecule has 0 saturated carbocycles. The third kappa shape index (κ3) is 15.1. The monoisotopic (exact) mass is 853 g/mol. The standard InChI is InChI=1S/C42H72N6O10S/c1-13-28(6)37(47(10)42(53)35(26(2)3)45-41(52)36(27(4)5)46(8)9)33(57-11)25-34(49)48-22-17-20-32(48)38(58-12)29(7)39(50)44-31(24-30-18-15-14-16-19-30)40(51)43-21-23-59(54,55)56/h14-16,18-19,26-29,31-33,35-38H,13,17,20-25H2,1-12H3,(H,43,51)(H,44,50)(H,45,52)(H,54,55,56)/t28-,29+,31-,32?,33+,35-,36-,37-,38+/m0/s1. The van der Waals surface area contributed by atoms with Crippen LogP contribution < -0.4 is 16.0 Å². The lowest BCUT2D eigenvalue weighted by Crippen LogP contribution is -2.59. The highest BCUT2D eigenvalue weighted by Crippen LogP contribution is 2.30. The van der Waals surface area contributed by atoms with Crippen molar-refractivity contribution in [1.29, 1.82) is 0 Å². The molecule has 59 heavy (non-hydrogen) atoms. The zero-order valence-corrected chi connectivity index (χ0v) is 38.1. The van der Waals surface area contributed by atoms with E-state index in [0.29, 0.717) is 25.8 Å². The Kier molecular flexibility index (Phi) is 20.9. The molecule has 0 spiro atoms. The largest absolute Gasteiger partial charge is 0.379 e. The molecule has 1 aromatic carbocycles. The summed E-state index contributed by atoms with van der Waals surface area (Å²) in [5, 5.41) is 8.30. The number of nitrogens with zero attached hydrogens (tertiary/aromatic N) is 3. The number of nitrogens with one attached hydrogen (secondary N) is 3. The van der Waals surface area contributed by atoms with Crippen LogP contribution in [0.25, 0.3) is 0 Å². The SMILES string of the molecule is CC[C@H](C)[C@@H]([C@@H](CC(=O)N1CCCC1[C@H](OC)[C@@H](C)C(=O)N[C@@H](Cc1ccccc1)C(=O)NCCS(=O)(=O)O)OC)N(C)C(=O)[C@@H](NC(=O)[C@H](C(C)C)N(C)C)C(C)C. The van der Waals surface area contributed by atoms with Gasteiger partial charge in [0.2, 0.25) is 29.5 Å². The molecule has 1 saturated heterocycles. The van der Waals surface area contributed by atoms with E-state index in [1.165, 1.54) is 14.2 Å². The number of carbonyl (C=O) groups is 5. The van der Waals surface area contributed by atoms with Crippen molar-refractivity contribution in [3.05, 3.63) is 35.9 Å². The maximum atomic E-state index is 14.3. The van der Waals surface area contributed by atoms with Crippen molar-refractivity contribution < 1.29 is 46.4 Å². The van der Waals surface area contributed by atoms with E-state index in [-0.39, 0.29) is 54.9 Å². The number of hydrogen-bond donors (Lipinski definition) is 4. The van der Waals surface area contributed by atoms with Crippen molar-refractivity contribution in [3.8, 4) is 0 Å². The minimum absolute atomic E-state index is 0.0164. The van der Waals surface area contributed by atoms with E-state index in [1.807, 2.05) is 66.6 Å². The van der Waals surface area contributed by atoms with Crippen LogP contribution in [0.15, 0.2) is 30.3 Å². The van der Waals surface area contributed by atoms with Gasteiger partial charge in [-0.2, -0.15) is 8.42 Å². The first kappa shape index (κ1) is 51.5. The molecule has 0 radical (unpaired) electrons. The second-order valence-electron chi connectivity index (χ2n) is 16.8. The molecule has 2 rings (SSSR count). The van der Waals surface area contributed by atoms with Gasteiger partial charge in [0.25, 0.3) is 10.1 Å². The van der Waals surface area contributed by atoms with Gasteiger partial charge in [-0.3, -0.25) is 33.4 Å². The number of carbonyl (C=O) groups excluding carboxylic acids is 5. The first-order valence-corrected chi connectivity index (χ1v) is 22.4. The molecular weight excluding hydrogens is 781 g/mol. The molecule has 1 unspecified atom stereocenters. The number of benzene rings is 1. The maximum absolute atomic E-state index is 14.3. The summed E-state index contributed by atoms with van der Waals surface area (Å²) in [6.07, 6.45) is 0.561. The molecule has 336 valence electrons. The number of amides is 5. The summed E-state index contributed by atoms with van der Waals surface area (Å²) in [7, 11) is 4.05. The van der Waals surface area contributed by atoms with E-state index >= 15 is 0 Å². The van der Waals surface area contributed by atoms with Gasteiger partial charge in [0.05, 0.1) is 48.4 Å². The van der Waals surface area contributed by atoms with E-state index in [1.54, 1.807) is 48.0 Å². The van der Waals surface area contributed by atoms with Crippen molar-refractivity contribution in [1.82, 2.24) is 30.7 Å². The van der Waals surface area contributed by atoms with Crippen LogP contribution in [0.3, 0.4) is 0 Å². The van der Waals surface area contributed by atoms with Gasteiger partial charge in [-0.25, -0.2) is 0 Å². The summed E-state index contributed by atoms with van der Waals surface area (Å²) in [4.78, 5) is 74.3. The van der Waals surface area contributed by atoms with Gasteiger partial charge in [0, 0.05) is 40.8 Å². The van der Waals surface area contributed by atoms with Gasteiger partial charge in [-0.15, -0.1) is 0 Å². The normalized spacial score (nSPS) is 18.7. The first-order valence-electron chi connectivity index (χ1n) is 20.8. The Labute approximate surface area is 352 Å². The van der Waals surface area contributed by atoms with Crippen molar-refractivity contribution in [3.63, 3.8) is 0 Å². The Morgan fingerprint density at radius 3 is 2.03 bits per heavy atom. The summed E-state index contributed by atoms with van der Waals surface area (Å²) in [6, 6.07) is 5.73. The quantitative estimate of drug-likeness (QED) is 0.111. The molecule has 1 aromatic rings. The molecule has 16 nitrogen and oxygen atoms in total. The number of hydrogen-bond acceptors (Lipinski definition) is 10. The van der Waals surface area contributed by atoms with Gasteiger partial charge in [0.1, 0.15) is 12.1 Å². The number of likely N-dealkylation sites (N-methyl/N-ethyl adjacent to an activating group) is 2. The molecule has 1 heterocycles. The Morgan fingerprint density at radius 2 is 1.53 bits per heavy atom. The molecule has 17 heteroatoms. The van der Waals surface area contributed by atoms with Crippen LogP contribution in [-0.2, 0) is 50.0 Å². The van der Waals surface area contributed by atoms with Crippen LogP contribution in [0.1, 0.15) is 79.7 Å². The van der Waals surface area contributed by atoms with Crippen LogP contribution in [0.4, 0.5) is 0 Å². The van der Waals surface area contributed by atoms with E-state index in [0.717, 1.165) is 5.56 Å². The Morgan fingerprint density at radius 1 is 0.898 bits per heavy atom. The molecule has 1 fully saturated rings. The predicted molar refractivity (Wildman–Crippen MR) is 227 cm³/mol. The average Bonchev–Trinajstić information content (AvgIpc) is 3.65. The van der Waals surface area contributed by atoms with E-state index in [2.05, 4.69) is 16.0 Å². The Balaban J connectivity index is 2.31. The maximum Gasteiger partial charge on any atom is 0.266 e. The number of methoxy groups -OCH3 is 2. The van der Waals surface area contributed by atoms with E-state index in [9.17, 15) is 32.4 Å². The molecule has 1 aliphatic rings. The molecule has 5 amide bonds. The fourth-order valence-corrected chi connectivity index (χ4v) is 8.56. The van der Waals surface area contributed by atoms with E-state index < -0.39 is 76.0 Å². The van der Waals surface area contributed by atoms with Gasteiger partial charge >= 0.3 is 0 Å². The van der Waals surface area contributed by atoms with Gasteiger partial charge < -0.3 is 35.2 Å². The predicted octanol–water partition coefficient (Wildman–Crippen LogP) is 2.37. The molecule has 0 bridgehead atoms. The van der Waals surface area contributed by atoms with Gasteiger partial charge in [0.15, 0.2) is 0 Å². The van der Waals surface area contributed by atoms with Crippen LogP contribution >= 0.6 is 0 Å². The number of likely N-dealkylation sites (tertiary alicyclic amines) is 1. The topological polar surface area (TPSA) is 204 Å². The highest BCUT2D eigenvalue weighted by atomic mass is 32.2. The molecule has 1 aliphatic heterocycles. The summed E-state index contributed by atoms with van der Waals surface area (Å²) >= 11 is 0. The van der Waals surface area contributed by atoms with E-state index in [4.69, 9.17) is 14.0 Å². The summed E-state index contributed by atoms with van der Waals surface area (Å²) in [6.45, 7) is 13.5. The van der Waals surface area contributed by atoms with Crippen molar-refractivity contribution in [2.75, 3.05) is 54.2 Å². The van der Waals surface area contributed by atoms with Gasteiger partial charge in [-0.05, 0) is 50.3 Å². The van der Waals surface area contributed by atoms with Crippen LogP contribution in [0, 0.1) is 23.7 Å². The van der Waals surface area contributed by atoms with Crippen LogP contribution in [0.2, 0.25) is 0 Å². The lowest BCUT2D eigenvalue weighted by molar-refractivity contribution is -0.148. The minimum Gasteiger partial charge on any atom is -0.379 e. The lowest BCUT2D eigenvalue weighted by Gasteiger charge is -2.41. The highest BCUT2D eigenvalue weighted by Gasteiger charge is 2.43. The van der Waals surface area contributed by atoms with Crippen molar-refractivity contribution >= 4 is 39.7 Å². The second-order valence-corrected chi connectivity index (χ2v) is 18.4. The molecule has 9 atom stereocenters. The molecule has 0 aliphatic carbocycles. The van der Waals surface area contributed by atoms with Crippen LogP contribution in [-0.4, -0.2) is 154 Å². The molecule has 4 N–H and O–H groups in total. The van der Waals surface area contributed by atoms with Gasteiger partial charge in [-0.1, -0.05) is 85.2 Å². The Hall–Kier alpha value is -3.64. The van der Waals surface area contributed by atoms with Crippen molar-refractivity contribution in [2.45, 2.75) is 123 Å². The Bertz CT molecular complexity index is 1620. The summed E-state index contributed by atoms with van der Waals surface area (Å²) in [5.74, 6) is -3.61. The highest BCUT2D eigenvalue weighted by molar-refractivity contribution is 7.85. The third-order valence-corrected chi connectivity index (χ3v) is 12.2. The number of rotatable bonds is 24. The summed E-state index contributed by atoms with van der Waals surface area (Å²) in [5.41, 5.74) is 0.760. The first-order chi connectivity index (χ1) is 27.6. The fourth-order valence-electron chi connectivity index (χ4n) is 8.20. The second kappa shape index (κ2) is 24.0. The lowest BCUT2D eigenvalue weighted by atomic mass is 9.89.